The van der Waals surface area contributed by atoms with Crippen molar-refractivity contribution in [2.24, 2.45) is 0 Å². The quantitative estimate of drug-likeness (QED) is 0.748. The van der Waals surface area contributed by atoms with Gasteiger partial charge in [-0.3, -0.25) is 4.90 Å². The second kappa shape index (κ2) is 5.31. The summed E-state index contributed by atoms with van der Waals surface area (Å²) in [7, 11) is 0. The first-order valence-corrected chi connectivity index (χ1v) is 5.99. The normalized spacial score (nSPS) is 19.8. The Labute approximate surface area is 91.4 Å². The zero-order valence-electron chi connectivity index (χ0n) is 9.54. The lowest BCUT2D eigenvalue weighted by Gasteiger charge is -2.22. The van der Waals surface area contributed by atoms with Crippen molar-refractivity contribution in [1.82, 2.24) is 10.1 Å². The van der Waals surface area contributed by atoms with E-state index >= 15 is 0 Å². The molecule has 3 heteroatoms. The molecule has 1 aliphatic rings. The van der Waals surface area contributed by atoms with E-state index in [4.69, 9.17) is 4.52 Å². The first-order chi connectivity index (χ1) is 7.34. The fourth-order valence-electron chi connectivity index (χ4n) is 2.18. The number of likely N-dealkylation sites (tertiary alicyclic amines) is 1. The van der Waals surface area contributed by atoms with Crippen LogP contribution in [0.3, 0.4) is 0 Å². The maximum atomic E-state index is 5.25. The van der Waals surface area contributed by atoms with E-state index in [1.807, 2.05) is 13.0 Å². The lowest BCUT2D eigenvalue weighted by molar-refractivity contribution is 0.212. The maximum absolute atomic E-state index is 5.25. The van der Waals surface area contributed by atoms with Gasteiger partial charge in [-0.25, -0.2) is 0 Å². The highest BCUT2D eigenvalue weighted by molar-refractivity contribution is 5.02. The molecule has 1 aliphatic heterocycles. The van der Waals surface area contributed by atoms with Gasteiger partial charge in [0, 0.05) is 6.07 Å². The summed E-state index contributed by atoms with van der Waals surface area (Å²) >= 11 is 0. The van der Waals surface area contributed by atoms with Crippen molar-refractivity contribution in [3.63, 3.8) is 0 Å². The van der Waals surface area contributed by atoms with Crippen molar-refractivity contribution in [2.75, 3.05) is 13.1 Å². The minimum Gasteiger partial charge on any atom is -0.360 e. The van der Waals surface area contributed by atoms with Crippen LogP contribution in [0.15, 0.2) is 10.6 Å². The second-order valence-electron chi connectivity index (χ2n) is 4.48. The van der Waals surface area contributed by atoms with Crippen LogP contribution in [0, 0.1) is 6.92 Å². The molecule has 0 radical (unpaired) electrons. The molecule has 0 saturated carbocycles. The van der Waals surface area contributed by atoms with Crippen LogP contribution in [-0.4, -0.2) is 23.1 Å². The first kappa shape index (κ1) is 10.7. The number of rotatable bonds is 2. The van der Waals surface area contributed by atoms with Gasteiger partial charge in [0.15, 0.2) is 5.76 Å². The van der Waals surface area contributed by atoms with E-state index in [0.29, 0.717) is 0 Å². The highest BCUT2D eigenvalue weighted by atomic mass is 16.5. The molecule has 0 bridgehead atoms. The van der Waals surface area contributed by atoms with Crippen molar-refractivity contribution in [1.29, 1.82) is 0 Å². The molecule has 0 spiro atoms. The summed E-state index contributed by atoms with van der Waals surface area (Å²) in [6.07, 6.45) is 6.83. The van der Waals surface area contributed by atoms with Gasteiger partial charge in [-0.15, -0.1) is 0 Å². The molecule has 0 N–H and O–H groups in total. The summed E-state index contributed by atoms with van der Waals surface area (Å²) in [5.41, 5.74) is 0.983. The number of aromatic nitrogens is 1. The maximum Gasteiger partial charge on any atom is 0.150 e. The van der Waals surface area contributed by atoms with E-state index in [-0.39, 0.29) is 0 Å². The fraction of sp³-hybridized carbons (Fsp3) is 0.750. The fourth-order valence-corrected chi connectivity index (χ4v) is 2.18. The number of hydrogen-bond donors (Lipinski definition) is 0. The summed E-state index contributed by atoms with van der Waals surface area (Å²) in [4.78, 5) is 2.49. The molecule has 1 aromatic rings. The smallest absolute Gasteiger partial charge is 0.150 e. The Hall–Kier alpha value is -0.830. The average molecular weight is 208 g/mol. The molecule has 0 aromatic carbocycles. The highest BCUT2D eigenvalue weighted by Gasteiger charge is 2.10. The van der Waals surface area contributed by atoms with Gasteiger partial charge in [0.25, 0.3) is 0 Å². The molecule has 3 nitrogen and oxygen atoms in total. The van der Waals surface area contributed by atoms with Gasteiger partial charge in [-0.1, -0.05) is 24.4 Å². The van der Waals surface area contributed by atoms with Crippen LogP contribution in [0.1, 0.15) is 43.6 Å². The minimum atomic E-state index is 0.931. The van der Waals surface area contributed by atoms with Gasteiger partial charge >= 0.3 is 0 Å². The van der Waals surface area contributed by atoms with Gasteiger partial charge in [0.2, 0.25) is 0 Å². The Morgan fingerprint density at radius 3 is 2.47 bits per heavy atom. The number of nitrogens with zero attached hydrogens (tertiary/aromatic N) is 2. The zero-order valence-corrected chi connectivity index (χ0v) is 9.54. The third kappa shape index (κ3) is 3.34. The van der Waals surface area contributed by atoms with E-state index in [9.17, 15) is 0 Å². The monoisotopic (exact) mass is 208 g/mol. The van der Waals surface area contributed by atoms with Crippen molar-refractivity contribution in [3.05, 3.63) is 17.5 Å². The van der Waals surface area contributed by atoms with Crippen LogP contribution < -0.4 is 0 Å². The molecule has 1 aromatic heterocycles. The van der Waals surface area contributed by atoms with Crippen molar-refractivity contribution in [3.8, 4) is 0 Å². The van der Waals surface area contributed by atoms with Crippen LogP contribution in [0.2, 0.25) is 0 Å². The van der Waals surface area contributed by atoms with Gasteiger partial charge < -0.3 is 4.52 Å². The molecular weight excluding hydrogens is 188 g/mol. The summed E-state index contributed by atoms with van der Waals surface area (Å²) in [6.45, 7) is 5.32. The van der Waals surface area contributed by atoms with E-state index in [1.165, 1.54) is 45.2 Å². The summed E-state index contributed by atoms with van der Waals surface area (Å²) in [5, 5.41) is 3.92. The van der Waals surface area contributed by atoms with Crippen molar-refractivity contribution in [2.45, 2.75) is 45.6 Å². The largest absolute Gasteiger partial charge is 0.360 e. The Kier molecular flexibility index (Phi) is 3.78. The molecule has 0 unspecified atom stereocenters. The van der Waals surface area contributed by atoms with Gasteiger partial charge in [0.05, 0.1) is 12.2 Å². The van der Waals surface area contributed by atoms with Crippen molar-refractivity contribution >= 4 is 0 Å². The van der Waals surface area contributed by atoms with Gasteiger partial charge in [-0.05, 0) is 32.9 Å². The molecular formula is C12H20N2O. The predicted molar refractivity (Wildman–Crippen MR) is 59.6 cm³/mol. The summed E-state index contributed by atoms with van der Waals surface area (Å²) in [6, 6.07) is 2.04. The second-order valence-corrected chi connectivity index (χ2v) is 4.48. The molecule has 2 rings (SSSR count). The van der Waals surface area contributed by atoms with E-state index in [2.05, 4.69) is 10.1 Å². The van der Waals surface area contributed by atoms with Crippen LogP contribution >= 0.6 is 0 Å². The molecule has 1 fully saturated rings. The molecule has 0 aliphatic carbocycles. The van der Waals surface area contributed by atoms with Gasteiger partial charge in [0.1, 0.15) is 0 Å². The first-order valence-electron chi connectivity index (χ1n) is 5.99. The summed E-state index contributed by atoms with van der Waals surface area (Å²) < 4.78 is 5.25. The zero-order chi connectivity index (χ0) is 10.5. The lowest BCUT2D eigenvalue weighted by atomic mass is 10.1. The van der Waals surface area contributed by atoms with Crippen LogP contribution in [0.25, 0.3) is 0 Å². The molecule has 84 valence electrons. The topological polar surface area (TPSA) is 29.3 Å². The van der Waals surface area contributed by atoms with Gasteiger partial charge in [-0.2, -0.15) is 0 Å². The average Bonchev–Trinajstić information content (AvgIpc) is 2.56. The molecule has 0 atom stereocenters. The van der Waals surface area contributed by atoms with Crippen LogP contribution in [0.5, 0.6) is 0 Å². The summed E-state index contributed by atoms with van der Waals surface area (Å²) in [5.74, 6) is 1.01. The SMILES string of the molecule is Cc1cc(CN2CCCCCCC2)on1. The third-order valence-corrected chi connectivity index (χ3v) is 3.00. The third-order valence-electron chi connectivity index (χ3n) is 3.00. The number of aryl methyl sites for hydroxylation is 1. The standard InChI is InChI=1S/C12H20N2O/c1-11-9-12(15-13-11)10-14-7-5-3-2-4-6-8-14/h9H,2-8,10H2,1H3. The van der Waals surface area contributed by atoms with Crippen molar-refractivity contribution < 1.29 is 4.52 Å². The molecule has 0 amide bonds. The highest BCUT2D eigenvalue weighted by Crippen LogP contribution is 2.13. The Morgan fingerprint density at radius 1 is 1.20 bits per heavy atom. The van der Waals surface area contributed by atoms with E-state index < -0.39 is 0 Å². The number of hydrogen-bond acceptors (Lipinski definition) is 3. The van der Waals surface area contributed by atoms with Crippen LogP contribution in [-0.2, 0) is 6.54 Å². The Bertz CT molecular complexity index is 288. The van der Waals surface area contributed by atoms with E-state index in [0.717, 1.165) is 18.0 Å². The molecule has 2 heterocycles. The predicted octanol–water partition coefficient (Wildman–Crippen LogP) is 2.75. The van der Waals surface area contributed by atoms with Crippen LogP contribution in [0.4, 0.5) is 0 Å². The molecule has 1 saturated heterocycles. The minimum absolute atomic E-state index is 0.931. The lowest BCUT2D eigenvalue weighted by Crippen LogP contribution is -2.26. The Balaban J connectivity index is 1.86. The van der Waals surface area contributed by atoms with E-state index in [1.54, 1.807) is 0 Å². The Morgan fingerprint density at radius 2 is 1.87 bits per heavy atom. The molecule has 15 heavy (non-hydrogen) atoms.